The van der Waals surface area contributed by atoms with Gasteiger partial charge in [0.25, 0.3) is 5.91 Å². The van der Waals surface area contributed by atoms with Crippen molar-refractivity contribution in [2.24, 2.45) is 0 Å². The Morgan fingerprint density at radius 3 is 2.47 bits per heavy atom. The van der Waals surface area contributed by atoms with Gasteiger partial charge in [0.05, 0.1) is 21.7 Å². The number of rotatable bonds is 10. The Balaban J connectivity index is 0.996. The molecule has 16 heteroatoms. The summed E-state index contributed by atoms with van der Waals surface area (Å²) < 4.78 is 18.9. The van der Waals surface area contributed by atoms with E-state index in [2.05, 4.69) is 16.1 Å². The maximum absolute atomic E-state index is 14.0. The molecule has 62 heavy (non-hydrogen) atoms. The van der Waals surface area contributed by atoms with Gasteiger partial charge in [-0.25, -0.2) is 19.6 Å². The number of nitriles is 1. The van der Waals surface area contributed by atoms with Crippen LogP contribution < -0.4 is 20.3 Å². The fourth-order valence-corrected chi connectivity index (χ4v) is 9.04. The van der Waals surface area contributed by atoms with Crippen LogP contribution >= 0.6 is 22.7 Å². The first-order valence-corrected chi connectivity index (χ1v) is 21.5. The van der Waals surface area contributed by atoms with Gasteiger partial charge >= 0.3 is 12.1 Å². The van der Waals surface area contributed by atoms with E-state index in [1.165, 1.54) is 22.7 Å². The zero-order valence-electron chi connectivity index (χ0n) is 34.7. The topological polar surface area (TPSA) is 179 Å². The number of para-hydroxylation sites is 1. The number of carbonyl (C=O) groups is 3. The number of carbonyl (C=O) groups excluding carboxylic acids is 3. The van der Waals surface area contributed by atoms with E-state index in [9.17, 15) is 19.6 Å². The smallest absolute Gasteiger partial charge is 0.437 e. The lowest BCUT2D eigenvalue weighted by Crippen LogP contribution is -2.34. The molecule has 4 aromatic carbocycles. The van der Waals surface area contributed by atoms with Crippen molar-refractivity contribution in [2.75, 3.05) is 35.7 Å². The van der Waals surface area contributed by atoms with E-state index in [1.807, 2.05) is 66.7 Å². The van der Waals surface area contributed by atoms with Gasteiger partial charge in [0.2, 0.25) is 0 Å². The van der Waals surface area contributed by atoms with Crippen LogP contribution in [0.5, 0.6) is 5.75 Å². The molecule has 7 aromatic rings. The van der Waals surface area contributed by atoms with Crippen molar-refractivity contribution in [3.8, 4) is 33.5 Å². The number of amides is 1. The summed E-state index contributed by atoms with van der Waals surface area (Å²) in [6, 6.07) is 30.4. The summed E-state index contributed by atoms with van der Waals surface area (Å²) in [6.07, 6.45) is -0.0895. The second-order valence-corrected chi connectivity index (χ2v) is 17.5. The number of thiazole rings is 2. The lowest BCUT2D eigenvalue weighted by molar-refractivity contribution is 0.0510. The molecule has 0 aliphatic carbocycles. The number of ether oxygens (including phenoxy) is 3. The molecule has 0 saturated heterocycles. The van der Waals surface area contributed by atoms with Crippen molar-refractivity contribution in [3.05, 3.63) is 125 Å². The van der Waals surface area contributed by atoms with Crippen LogP contribution in [-0.4, -0.2) is 63.5 Å². The van der Waals surface area contributed by atoms with E-state index in [0.29, 0.717) is 51.5 Å². The van der Waals surface area contributed by atoms with E-state index >= 15 is 0 Å². The summed E-state index contributed by atoms with van der Waals surface area (Å²) in [6.45, 7) is 8.44. The Kier molecular flexibility index (Phi) is 11.5. The Morgan fingerprint density at radius 2 is 1.73 bits per heavy atom. The summed E-state index contributed by atoms with van der Waals surface area (Å²) in [4.78, 5) is 54.0. The molecule has 2 N–H and O–H groups in total. The molecule has 1 aliphatic rings. The normalized spacial score (nSPS) is 12.4. The summed E-state index contributed by atoms with van der Waals surface area (Å²) >= 11 is 2.88. The van der Waals surface area contributed by atoms with Crippen LogP contribution in [-0.2, 0) is 29.0 Å². The molecule has 0 bridgehead atoms. The minimum absolute atomic E-state index is 0.0476. The van der Waals surface area contributed by atoms with Crippen LogP contribution in [0.2, 0.25) is 0 Å². The monoisotopic (exact) mass is 866 g/mol. The minimum atomic E-state index is -0.789. The largest absolute Gasteiger partial charge is 0.489 e. The Hall–Kier alpha value is -7.09. The van der Waals surface area contributed by atoms with Crippen LogP contribution in [0.1, 0.15) is 70.8 Å². The van der Waals surface area contributed by atoms with Gasteiger partial charge in [-0.15, -0.1) is 4.68 Å². The van der Waals surface area contributed by atoms with E-state index in [0.717, 1.165) is 37.2 Å². The molecule has 0 atom stereocenters. The van der Waals surface area contributed by atoms with E-state index in [4.69, 9.17) is 29.9 Å². The number of nitrogen functional groups attached to an aromatic ring is 1. The van der Waals surface area contributed by atoms with Gasteiger partial charge < -0.3 is 24.8 Å². The molecule has 3 aromatic heterocycles. The predicted molar refractivity (Wildman–Crippen MR) is 240 cm³/mol. The average Bonchev–Trinajstić information content (AvgIpc) is 4.00. The number of benzene rings is 4. The third-order valence-electron chi connectivity index (χ3n) is 10.1. The zero-order valence-corrected chi connectivity index (χ0v) is 36.3. The maximum Gasteiger partial charge on any atom is 0.437 e. The van der Waals surface area contributed by atoms with Gasteiger partial charge in [-0.3, -0.25) is 9.69 Å². The van der Waals surface area contributed by atoms with Crippen molar-refractivity contribution in [2.45, 2.75) is 52.9 Å². The van der Waals surface area contributed by atoms with Crippen LogP contribution in [0.3, 0.4) is 0 Å². The summed E-state index contributed by atoms with van der Waals surface area (Å²) in [7, 11) is 1.75. The third kappa shape index (κ3) is 8.45. The molecule has 8 rings (SSSR count). The number of nitrogens with two attached hydrogens (primary N) is 1. The number of hydrogen-bond donors (Lipinski definition) is 1. The molecule has 14 nitrogen and oxygen atoms in total. The van der Waals surface area contributed by atoms with Gasteiger partial charge in [0, 0.05) is 31.3 Å². The highest BCUT2D eigenvalue weighted by molar-refractivity contribution is 7.22. The maximum atomic E-state index is 14.0. The number of anilines is 3. The molecule has 1 amide bonds. The molecule has 314 valence electrons. The second-order valence-electron chi connectivity index (χ2n) is 15.5. The van der Waals surface area contributed by atoms with E-state index < -0.39 is 17.7 Å². The van der Waals surface area contributed by atoms with Crippen molar-refractivity contribution in [3.63, 3.8) is 0 Å². The molecule has 0 radical (unpaired) electrons. The lowest BCUT2D eigenvalue weighted by Gasteiger charge is -2.30. The highest BCUT2D eigenvalue weighted by Gasteiger charge is 2.30. The van der Waals surface area contributed by atoms with Gasteiger partial charge in [0.15, 0.2) is 21.8 Å². The fourth-order valence-electron chi connectivity index (χ4n) is 7.03. The average molecular weight is 867 g/mol. The van der Waals surface area contributed by atoms with Crippen molar-refractivity contribution >= 4 is 66.9 Å². The molecular weight excluding hydrogens is 825 g/mol. The van der Waals surface area contributed by atoms with Crippen LogP contribution in [0, 0.1) is 11.3 Å². The lowest BCUT2D eigenvalue weighted by atomic mass is 9.94. The Bertz CT molecular complexity index is 2850. The molecule has 0 saturated carbocycles. The predicted octanol–water partition coefficient (Wildman–Crippen LogP) is 9.12. The zero-order chi connectivity index (χ0) is 43.7. The summed E-state index contributed by atoms with van der Waals surface area (Å²) in [5.74, 6) is -0.263. The quantitative estimate of drug-likeness (QED) is 0.129. The molecule has 0 spiro atoms. The summed E-state index contributed by atoms with van der Waals surface area (Å²) in [5.41, 5.74) is 11.5. The number of nitrogens with zero attached hydrogens (tertiary/aromatic N) is 7. The van der Waals surface area contributed by atoms with Crippen LogP contribution in [0.15, 0.2) is 91.0 Å². The standard InChI is InChI=1S/C46H42N8O6S2/c1-6-58-42(56)38-39(62-44(50-38)53-22-21-28-11-10-14-32(34(28)25-53)41(55)52(5)43-49-35-15-7-8-16-36(35)61-43)29-19-17-27(18-20-29)26-59-31-13-9-12-30(23-31)37-33(24-47)40(48)54(51-37)45(57)60-46(2,3)4/h7-20,23H,6,21-22,25-26,48H2,1-5H3. The van der Waals surface area contributed by atoms with Crippen LogP contribution in [0.4, 0.5) is 20.9 Å². The number of aromatic nitrogens is 4. The first-order chi connectivity index (χ1) is 29.8. The molecule has 1 aliphatic heterocycles. The summed E-state index contributed by atoms with van der Waals surface area (Å²) in [5, 5.41) is 15.5. The fraction of sp³-hybridized carbons (Fsp3) is 0.239. The number of esters is 1. The SMILES string of the molecule is CCOC(=O)c1nc(N2CCc3cccc(C(=O)N(C)c4nc5ccccc5s4)c3C2)sc1-c1ccc(COc2cccc(-c3nn(C(=O)OC(C)(C)C)c(N)c3C#N)c2)cc1. The van der Waals surface area contributed by atoms with Crippen LogP contribution in [0.25, 0.3) is 31.9 Å². The van der Waals surface area contributed by atoms with Gasteiger partial charge in [-0.1, -0.05) is 83.3 Å². The highest BCUT2D eigenvalue weighted by Crippen LogP contribution is 2.39. The number of hydrogen-bond acceptors (Lipinski definition) is 14. The molecule has 0 unspecified atom stereocenters. The second kappa shape index (κ2) is 17.1. The molecule has 4 heterocycles. The van der Waals surface area contributed by atoms with E-state index in [-0.39, 0.29) is 41.9 Å². The van der Waals surface area contributed by atoms with Crippen molar-refractivity contribution in [1.82, 2.24) is 19.7 Å². The first-order valence-electron chi connectivity index (χ1n) is 19.8. The first kappa shape index (κ1) is 41.6. The number of fused-ring (bicyclic) bond motifs is 2. The van der Waals surface area contributed by atoms with Gasteiger partial charge in [0.1, 0.15) is 35.3 Å². The third-order valence-corrected chi connectivity index (χ3v) is 12.3. The van der Waals surface area contributed by atoms with Crippen molar-refractivity contribution < 1.29 is 28.6 Å². The van der Waals surface area contributed by atoms with Gasteiger partial charge in [-0.2, -0.15) is 10.4 Å². The van der Waals surface area contributed by atoms with E-state index in [1.54, 1.807) is 63.9 Å². The minimum Gasteiger partial charge on any atom is -0.489 e. The molecular formula is C46H42N8O6S2. The Labute approximate surface area is 365 Å². The highest BCUT2D eigenvalue weighted by atomic mass is 32.1. The Morgan fingerprint density at radius 1 is 0.952 bits per heavy atom. The van der Waals surface area contributed by atoms with Gasteiger partial charge in [-0.05, 0) is 86.7 Å². The van der Waals surface area contributed by atoms with Crippen molar-refractivity contribution in [1.29, 1.82) is 5.26 Å². The molecule has 0 fully saturated rings.